The molecule has 4 atom stereocenters. The molecule has 0 radical (unpaired) electrons. The third kappa shape index (κ3) is 13.0. The van der Waals surface area contributed by atoms with Crippen molar-refractivity contribution in [2.75, 3.05) is 40.4 Å². The Balaban J connectivity index is 0. The lowest BCUT2D eigenvalue weighted by Gasteiger charge is -2.32. The van der Waals surface area contributed by atoms with Gasteiger partial charge in [0.2, 0.25) is 0 Å². The normalized spacial score (nSPS) is 20.9. The third-order valence-electron chi connectivity index (χ3n) is 8.36. The summed E-state index contributed by atoms with van der Waals surface area (Å²) in [4.78, 5) is 39.9. The number of carbonyl (C=O) groups is 3. The van der Waals surface area contributed by atoms with E-state index in [2.05, 4.69) is 34.1 Å². The minimum absolute atomic E-state index is 0. The standard InChI is InChI=1S/C17H23NO4.C15H21NO3.3F2.FH/c1-13(22-14(2)19)17(16(20)21-3)9-10-18(12-17)11-15-7-5-4-6-8-15;1-12(17)15(14(18)19-2)8-9-16(11-15)10-13-6-4-3-5-7-13;3*1-2;/h4-8,13H,9-12H2,1-3H3;3-7,12,17H,8-11H2,1-2H3;;;;1H. The molecule has 2 aromatic carbocycles. The Kier molecular flexibility index (Phi) is 23.6. The van der Waals surface area contributed by atoms with Gasteiger partial charge in [0, 0.05) is 60.5 Å². The topological polar surface area (TPSA) is 106 Å². The maximum absolute atomic E-state index is 12.3. The van der Waals surface area contributed by atoms with Crippen molar-refractivity contribution in [2.45, 2.75) is 58.9 Å². The van der Waals surface area contributed by atoms with Gasteiger partial charge >= 0.3 is 17.9 Å². The summed E-state index contributed by atoms with van der Waals surface area (Å²) in [7, 11) is 2.76. The average Bonchev–Trinajstić information content (AvgIpc) is 3.74. The number of rotatable bonds is 9. The first-order valence-corrected chi connectivity index (χ1v) is 14.5. The highest BCUT2D eigenvalue weighted by Crippen LogP contribution is 2.38. The van der Waals surface area contributed by atoms with E-state index in [-0.39, 0.29) is 22.6 Å². The van der Waals surface area contributed by atoms with Crippen LogP contribution in [0.4, 0.5) is 32.1 Å². The molecule has 274 valence electrons. The van der Waals surface area contributed by atoms with E-state index in [0.29, 0.717) is 25.9 Å². The van der Waals surface area contributed by atoms with Crippen LogP contribution < -0.4 is 0 Å². The van der Waals surface area contributed by atoms with Gasteiger partial charge in [-0.25, -0.2) is 0 Å². The Labute approximate surface area is 275 Å². The number of benzene rings is 2. The van der Waals surface area contributed by atoms with E-state index >= 15 is 0 Å². The predicted molar refractivity (Wildman–Crippen MR) is 164 cm³/mol. The molecule has 16 heteroatoms. The zero-order valence-corrected chi connectivity index (χ0v) is 27.6. The number of esters is 3. The predicted octanol–water partition coefficient (Wildman–Crippen LogP) is 6.11. The number of nitrogens with zero attached hydrogens (tertiary/aromatic N) is 2. The third-order valence-corrected chi connectivity index (χ3v) is 8.36. The average molecular weight is 703 g/mol. The lowest BCUT2D eigenvalue weighted by molar-refractivity contribution is -0.168. The van der Waals surface area contributed by atoms with Crippen molar-refractivity contribution in [3.8, 4) is 0 Å². The highest BCUT2D eigenvalue weighted by molar-refractivity contribution is 5.79. The number of ether oxygens (including phenoxy) is 3. The molecular formula is C32H45F7N2O7. The molecule has 0 aromatic heterocycles. The number of aliphatic hydroxyl groups excluding tert-OH is 1. The molecule has 2 aromatic rings. The van der Waals surface area contributed by atoms with E-state index in [0.717, 1.165) is 26.2 Å². The molecule has 2 aliphatic heterocycles. The Morgan fingerprint density at radius 1 is 0.729 bits per heavy atom. The van der Waals surface area contributed by atoms with E-state index in [1.165, 1.54) is 32.3 Å². The van der Waals surface area contributed by atoms with Crippen molar-refractivity contribution < 1.29 is 65.9 Å². The molecule has 2 saturated heterocycles. The molecule has 0 aliphatic carbocycles. The number of carbonyl (C=O) groups excluding carboxylic acids is 3. The molecule has 1 N–H and O–H groups in total. The van der Waals surface area contributed by atoms with Crippen molar-refractivity contribution in [2.24, 2.45) is 10.8 Å². The second-order valence-electron chi connectivity index (χ2n) is 11.1. The van der Waals surface area contributed by atoms with E-state index in [4.69, 9.17) is 41.7 Å². The fourth-order valence-electron chi connectivity index (χ4n) is 5.89. The number of hydrogen-bond donors (Lipinski definition) is 1. The lowest BCUT2D eigenvalue weighted by atomic mass is 9.81. The highest BCUT2D eigenvalue weighted by Gasteiger charge is 2.51. The van der Waals surface area contributed by atoms with E-state index in [1.807, 2.05) is 36.4 Å². The fraction of sp³-hybridized carbons (Fsp3) is 0.531. The number of methoxy groups -OCH3 is 2. The summed E-state index contributed by atoms with van der Waals surface area (Å²) >= 11 is 0. The van der Waals surface area contributed by atoms with Crippen LogP contribution in [0.2, 0.25) is 0 Å². The van der Waals surface area contributed by atoms with Crippen LogP contribution in [-0.4, -0.2) is 85.4 Å². The smallest absolute Gasteiger partial charge is 0.316 e. The minimum Gasteiger partial charge on any atom is -0.468 e. The Morgan fingerprint density at radius 2 is 1.08 bits per heavy atom. The molecule has 2 heterocycles. The first-order chi connectivity index (χ1) is 22.6. The molecule has 2 aliphatic rings. The van der Waals surface area contributed by atoms with Gasteiger partial charge in [0.05, 0.1) is 20.3 Å². The maximum atomic E-state index is 12.3. The van der Waals surface area contributed by atoms with Crippen molar-refractivity contribution in [1.82, 2.24) is 9.80 Å². The molecule has 4 unspecified atom stereocenters. The molecule has 0 saturated carbocycles. The molecule has 0 bridgehead atoms. The van der Waals surface area contributed by atoms with Crippen LogP contribution in [0.15, 0.2) is 60.7 Å². The van der Waals surface area contributed by atoms with E-state index < -0.39 is 23.0 Å². The summed E-state index contributed by atoms with van der Waals surface area (Å²) in [6.07, 6.45) is 0.0736. The summed E-state index contributed by atoms with van der Waals surface area (Å²) < 4.78 is 63.1. The summed E-state index contributed by atoms with van der Waals surface area (Å²) in [5.41, 5.74) is 0.857. The minimum atomic E-state index is -0.783. The second-order valence-corrected chi connectivity index (χ2v) is 11.1. The van der Waals surface area contributed by atoms with Crippen LogP contribution in [-0.2, 0) is 41.7 Å². The van der Waals surface area contributed by atoms with Crippen molar-refractivity contribution in [3.05, 3.63) is 71.8 Å². The molecular weight excluding hydrogens is 657 g/mol. The zero-order valence-electron chi connectivity index (χ0n) is 27.6. The highest BCUT2D eigenvalue weighted by atomic mass is 20.0. The van der Waals surface area contributed by atoms with Gasteiger partial charge in [-0.05, 0) is 50.9 Å². The van der Waals surface area contributed by atoms with Gasteiger partial charge in [0.1, 0.15) is 16.9 Å². The van der Waals surface area contributed by atoms with Crippen molar-refractivity contribution in [3.63, 3.8) is 0 Å². The zero-order chi connectivity index (χ0) is 36.0. The molecule has 4 rings (SSSR count). The molecule has 0 spiro atoms. The SMILES string of the molecule is COC(=O)C1(C(C)O)CCN(Cc2ccccc2)C1.COC(=O)C1(C(C)OC(C)=O)CCN(Cc2ccccc2)C1.F.FF.FF.FF. The fourth-order valence-corrected chi connectivity index (χ4v) is 5.89. The lowest BCUT2D eigenvalue weighted by Crippen LogP contribution is -2.46. The van der Waals surface area contributed by atoms with Gasteiger partial charge in [0.15, 0.2) is 0 Å². The van der Waals surface area contributed by atoms with Crippen LogP contribution in [0.5, 0.6) is 0 Å². The number of halogens is 7. The van der Waals surface area contributed by atoms with E-state index in [9.17, 15) is 19.5 Å². The quantitative estimate of drug-likeness (QED) is 0.188. The van der Waals surface area contributed by atoms with Gasteiger partial charge in [0.25, 0.3) is 0 Å². The van der Waals surface area contributed by atoms with Gasteiger partial charge in [-0.2, -0.15) is 0 Å². The van der Waals surface area contributed by atoms with Crippen LogP contribution in [0, 0.1) is 10.8 Å². The molecule has 9 nitrogen and oxygen atoms in total. The van der Waals surface area contributed by atoms with Gasteiger partial charge in [-0.1, -0.05) is 60.7 Å². The summed E-state index contributed by atoms with van der Waals surface area (Å²) in [5, 5.41) is 9.96. The van der Waals surface area contributed by atoms with E-state index in [1.54, 1.807) is 13.8 Å². The van der Waals surface area contributed by atoms with Crippen LogP contribution >= 0.6 is 0 Å². The van der Waals surface area contributed by atoms with Gasteiger partial charge in [-0.15, -0.1) is 0 Å². The molecule has 0 amide bonds. The second kappa shape index (κ2) is 24.4. The summed E-state index contributed by atoms with van der Waals surface area (Å²) in [6, 6.07) is 20.3. The summed E-state index contributed by atoms with van der Waals surface area (Å²) in [6.45, 7) is 9.02. The molecule has 2 fully saturated rings. The first kappa shape index (κ1) is 46.4. The summed E-state index contributed by atoms with van der Waals surface area (Å²) in [5.74, 6) is -0.993. The van der Waals surface area contributed by atoms with Crippen molar-refractivity contribution in [1.29, 1.82) is 0 Å². The van der Waals surface area contributed by atoms with Crippen LogP contribution in [0.25, 0.3) is 0 Å². The number of hydrogen-bond acceptors (Lipinski definition) is 9. The number of likely N-dealkylation sites (tertiary alicyclic amines) is 2. The molecule has 48 heavy (non-hydrogen) atoms. The Hall–Kier alpha value is -3.76. The first-order valence-electron chi connectivity index (χ1n) is 14.5. The van der Waals surface area contributed by atoms with Crippen LogP contribution in [0.3, 0.4) is 0 Å². The van der Waals surface area contributed by atoms with Crippen molar-refractivity contribution >= 4 is 17.9 Å². The Bertz CT molecular complexity index is 1170. The van der Waals surface area contributed by atoms with Gasteiger partial charge < -0.3 is 19.3 Å². The largest absolute Gasteiger partial charge is 0.468 e. The number of aliphatic hydroxyl groups is 1. The maximum Gasteiger partial charge on any atom is 0.316 e. The monoisotopic (exact) mass is 702 g/mol. The Morgan fingerprint density at radius 3 is 1.44 bits per heavy atom. The van der Waals surface area contributed by atoms with Crippen LogP contribution in [0.1, 0.15) is 44.7 Å². The van der Waals surface area contributed by atoms with Gasteiger partial charge in [-0.3, -0.25) is 28.9 Å².